The zero-order valence-corrected chi connectivity index (χ0v) is 17.4. The van der Waals surface area contributed by atoms with Crippen molar-refractivity contribution in [3.8, 4) is 0 Å². The Balaban J connectivity index is 1.40. The van der Waals surface area contributed by atoms with Gasteiger partial charge in [-0.15, -0.1) is 0 Å². The molecule has 7 nitrogen and oxygen atoms in total. The summed E-state index contributed by atoms with van der Waals surface area (Å²) in [6.45, 7) is 3.72. The van der Waals surface area contributed by atoms with Crippen molar-refractivity contribution in [3.05, 3.63) is 59.7 Å². The van der Waals surface area contributed by atoms with Gasteiger partial charge < -0.3 is 15.1 Å². The van der Waals surface area contributed by atoms with Crippen molar-refractivity contribution in [2.45, 2.75) is 13.0 Å². The van der Waals surface area contributed by atoms with E-state index >= 15 is 0 Å². The van der Waals surface area contributed by atoms with Crippen molar-refractivity contribution >= 4 is 27.4 Å². The normalized spacial score (nSPS) is 17.7. The maximum Gasteiger partial charge on any atom is 0.321 e. The van der Waals surface area contributed by atoms with Crippen LogP contribution in [0.5, 0.6) is 0 Å². The van der Waals surface area contributed by atoms with Crippen molar-refractivity contribution in [2.24, 2.45) is 0 Å². The summed E-state index contributed by atoms with van der Waals surface area (Å²) in [7, 11) is -3.22. The summed E-state index contributed by atoms with van der Waals surface area (Å²) in [4.78, 5) is 16.9. The highest BCUT2D eigenvalue weighted by atomic mass is 32.2. The standard InChI is InChI=1S/C21H26N4O3S/c1-29(27,28)25-11-10-19-17(16-25)6-5-9-20(19)22-21(26)24-14-12-23(13-15-24)18-7-3-2-4-8-18/h2-9H,10-16H2,1H3,(H,22,26). The van der Waals surface area contributed by atoms with Crippen molar-refractivity contribution < 1.29 is 13.2 Å². The van der Waals surface area contributed by atoms with Gasteiger partial charge in [-0.25, -0.2) is 13.2 Å². The third-order valence-corrected chi connectivity index (χ3v) is 6.88. The second kappa shape index (κ2) is 8.04. The number of fused-ring (bicyclic) bond motifs is 1. The van der Waals surface area contributed by atoms with Crippen LogP contribution in [0.3, 0.4) is 0 Å². The molecule has 2 heterocycles. The molecule has 4 rings (SSSR count). The Labute approximate surface area is 172 Å². The van der Waals surface area contributed by atoms with E-state index in [0.29, 0.717) is 32.6 Å². The lowest BCUT2D eigenvalue weighted by Gasteiger charge is -2.36. The van der Waals surface area contributed by atoms with E-state index in [1.165, 1.54) is 16.2 Å². The zero-order chi connectivity index (χ0) is 20.4. The van der Waals surface area contributed by atoms with Crippen LogP contribution in [0, 0.1) is 0 Å². The molecule has 154 valence electrons. The van der Waals surface area contributed by atoms with E-state index in [9.17, 15) is 13.2 Å². The molecule has 2 aromatic carbocycles. The number of anilines is 2. The van der Waals surface area contributed by atoms with Gasteiger partial charge in [0.25, 0.3) is 0 Å². The van der Waals surface area contributed by atoms with Crippen LogP contribution < -0.4 is 10.2 Å². The number of benzene rings is 2. The van der Waals surface area contributed by atoms with Gasteiger partial charge in [-0.1, -0.05) is 30.3 Å². The van der Waals surface area contributed by atoms with Crippen LogP contribution in [0.25, 0.3) is 0 Å². The fraction of sp³-hybridized carbons (Fsp3) is 0.381. The fourth-order valence-corrected chi connectivity index (χ4v) is 4.78. The zero-order valence-electron chi connectivity index (χ0n) is 16.5. The molecular weight excluding hydrogens is 388 g/mol. The summed E-state index contributed by atoms with van der Waals surface area (Å²) in [5, 5.41) is 3.05. The predicted octanol–water partition coefficient (Wildman–Crippen LogP) is 2.36. The molecule has 2 aliphatic heterocycles. The Kier molecular flexibility index (Phi) is 5.47. The van der Waals surface area contributed by atoms with Crippen LogP contribution in [0.2, 0.25) is 0 Å². The number of amides is 2. The molecule has 0 aliphatic carbocycles. The molecule has 0 atom stereocenters. The molecule has 8 heteroatoms. The van der Waals surface area contributed by atoms with Crippen LogP contribution in [-0.2, 0) is 23.0 Å². The first-order valence-electron chi connectivity index (χ1n) is 9.83. The topological polar surface area (TPSA) is 73.0 Å². The largest absolute Gasteiger partial charge is 0.368 e. The van der Waals surface area contributed by atoms with Gasteiger partial charge >= 0.3 is 6.03 Å². The van der Waals surface area contributed by atoms with E-state index in [2.05, 4.69) is 22.3 Å². The maximum absolute atomic E-state index is 12.8. The van der Waals surface area contributed by atoms with Crippen LogP contribution in [0.1, 0.15) is 11.1 Å². The van der Waals surface area contributed by atoms with Gasteiger partial charge in [0.05, 0.1) is 6.26 Å². The van der Waals surface area contributed by atoms with Gasteiger partial charge in [-0.2, -0.15) is 4.31 Å². The van der Waals surface area contributed by atoms with Gasteiger partial charge in [0.2, 0.25) is 10.0 Å². The molecule has 2 aliphatic rings. The summed E-state index contributed by atoms with van der Waals surface area (Å²) in [5.74, 6) is 0. The molecule has 0 unspecified atom stereocenters. The average molecular weight is 415 g/mol. The second-order valence-electron chi connectivity index (χ2n) is 7.53. The molecule has 1 fully saturated rings. The molecule has 0 radical (unpaired) electrons. The number of carbonyl (C=O) groups is 1. The summed E-state index contributed by atoms with van der Waals surface area (Å²) in [5.41, 5.74) is 3.95. The lowest BCUT2D eigenvalue weighted by molar-refractivity contribution is 0.208. The minimum Gasteiger partial charge on any atom is -0.368 e. The number of hydrogen-bond donors (Lipinski definition) is 1. The number of urea groups is 1. The van der Waals surface area contributed by atoms with E-state index in [-0.39, 0.29) is 6.03 Å². The fourth-order valence-electron chi connectivity index (χ4n) is 3.98. The van der Waals surface area contributed by atoms with Crippen LogP contribution >= 0.6 is 0 Å². The van der Waals surface area contributed by atoms with Crippen molar-refractivity contribution in [1.29, 1.82) is 0 Å². The molecule has 0 spiro atoms. The van der Waals surface area contributed by atoms with Crippen molar-refractivity contribution in [2.75, 3.05) is 49.2 Å². The first-order valence-corrected chi connectivity index (χ1v) is 11.7. The van der Waals surface area contributed by atoms with E-state index in [0.717, 1.165) is 29.9 Å². The molecule has 1 N–H and O–H groups in total. The van der Waals surface area contributed by atoms with Crippen molar-refractivity contribution in [1.82, 2.24) is 9.21 Å². The summed E-state index contributed by atoms with van der Waals surface area (Å²) < 4.78 is 25.2. The van der Waals surface area contributed by atoms with E-state index in [4.69, 9.17) is 0 Å². The lowest BCUT2D eigenvalue weighted by atomic mass is 9.99. The Morgan fingerprint density at radius 2 is 1.66 bits per heavy atom. The first kappa shape index (κ1) is 19.7. The number of para-hydroxylation sites is 1. The Morgan fingerprint density at radius 3 is 2.34 bits per heavy atom. The number of rotatable bonds is 3. The monoisotopic (exact) mass is 414 g/mol. The number of nitrogens with zero attached hydrogens (tertiary/aromatic N) is 3. The lowest BCUT2D eigenvalue weighted by Crippen LogP contribution is -2.50. The summed E-state index contributed by atoms with van der Waals surface area (Å²) in [6, 6.07) is 15.8. The smallest absolute Gasteiger partial charge is 0.321 e. The van der Waals surface area contributed by atoms with Crippen molar-refractivity contribution in [3.63, 3.8) is 0 Å². The quantitative estimate of drug-likeness (QED) is 0.837. The maximum atomic E-state index is 12.8. The number of sulfonamides is 1. The molecule has 0 aromatic heterocycles. The minimum atomic E-state index is -3.22. The third-order valence-electron chi connectivity index (χ3n) is 5.63. The Morgan fingerprint density at radius 1 is 0.931 bits per heavy atom. The van der Waals surface area contributed by atoms with Crippen LogP contribution in [0.4, 0.5) is 16.2 Å². The molecule has 2 aromatic rings. The molecule has 29 heavy (non-hydrogen) atoms. The SMILES string of the molecule is CS(=O)(=O)N1CCc2c(cccc2NC(=O)N2CCN(c3ccccc3)CC2)C1. The van der Waals surface area contributed by atoms with Crippen LogP contribution in [-0.4, -0.2) is 62.6 Å². The second-order valence-corrected chi connectivity index (χ2v) is 9.51. The number of nitrogens with one attached hydrogen (secondary N) is 1. The molecule has 0 saturated carbocycles. The minimum absolute atomic E-state index is 0.100. The number of hydrogen-bond acceptors (Lipinski definition) is 4. The van der Waals surface area contributed by atoms with Crippen LogP contribution in [0.15, 0.2) is 48.5 Å². The molecule has 1 saturated heterocycles. The number of piperazine rings is 1. The Bertz CT molecular complexity index is 986. The highest BCUT2D eigenvalue weighted by molar-refractivity contribution is 7.88. The molecular formula is C21H26N4O3S. The van der Waals surface area contributed by atoms with E-state index in [1.54, 1.807) is 0 Å². The molecule has 2 amide bonds. The van der Waals surface area contributed by atoms with E-state index < -0.39 is 10.0 Å². The van der Waals surface area contributed by atoms with Gasteiger partial charge in [0.1, 0.15) is 0 Å². The Hall–Kier alpha value is -2.58. The number of carbonyl (C=O) groups excluding carboxylic acids is 1. The highest BCUT2D eigenvalue weighted by Gasteiger charge is 2.26. The third kappa shape index (κ3) is 4.38. The first-order chi connectivity index (χ1) is 13.9. The highest BCUT2D eigenvalue weighted by Crippen LogP contribution is 2.27. The molecule has 0 bridgehead atoms. The van der Waals surface area contributed by atoms with Gasteiger partial charge in [0.15, 0.2) is 0 Å². The van der Waals surface area contributed by atoms with Gasteiger partial charge in [-0.05, 0) is 35.7 Å². The summed E-state index contributed by atoms with van der Waals surface area (Å²) in [6.07, 6.45) is 1.83. The predicted molar refractivity (Wildman–Crippen MR) is 115 cm³/mol. The van der Waals surface area contributed by atoms with E-state index in [1.807, 2.05) is 41.3 Å². The summed E-state index contributed by atoms with van der Waals surface area (Å²) >= 11 is 0. The average Bonchev–Trinajstić information content (AvgIpc) is 2.73. The van der Waals surface area contributed by atoms with Gasteiger partial charge in [0, 0.05) is 50.6 Å². The van der Waals surface area contributed by atoms with Gasteiger partial charge in [-0.3, -0.25) is 0 Å².